The molecule has 0 bridgehead atoms. The molecule has 0 heterocycles. The Bertz CT molecular complexity index is 252. The van der Waals surface area contributed by atoms with Gasteiger partial charge in [-0.05, 0) is 18.8 Å². The predicted octanol–water partition coefficient (Wildman–Crippen LogP) is 4.31. The summed E-state index contributed by atoms with van der Waals surface area (Å²) in [7, 11) is 0. The molecule has 0 aliphatic heterocycles. The highest BCUT2D eigenvalue weighted by atomic mass is 16.2. The molecule has 0 N–H and O–H groups in total. The van der Waals surface area contributed by atoms with Gasteiger partial charge in [-0.3, -0.25) is 9.59 Å². The average molecular weight is 252 g/mol. The fourth-order valence-electron chi connectivity index (χ4n) is 2.91. The predicted molar refractivity (Wildman–Crippen MR) is 74.5 cm³/mol. The van der Waals surface area contributed by atoms with Crippen molar-refractivity contribution in [2.75, 3.05) is 0 Å². The Morgan fingerprint density at radius 1 is 0.833 bits per heavy atom. The fraction of sp³-hybridized carbons (Fsp3) is 0.875. The van der Waals surface area contributed by atoms with E-state index in [1.807, 2.05) is 0 Å². The van der Waals surface area contributed by atoms with Gasteiger partial charge in [-0.2, -0.15) is 0 Å². The second kappa shape index (κ2) is 8.44. The first kappa shape index (κ1) is 15.4. The van der Waals surface area contributed by atoms with Gasteiger partial charge in [-0.1, -0.05) is 52.4 Å². The van der Waals surface area contributed by atoms with Gasteiger partial charge >= 0.3 is 0 Å². The molecule has 0 atom stereocenters. The average Bonchev–Trinajstić information content (AvgIpc) is 2.33. The lowest BCUT2D eigenvalue weighted by Gasteiger charge is -2.26. The molecule has 1 rings (SSSR count). The molecule has 1 aliphatic carbocycles. The maximum atomic E-state index is 12.0. The van der Waals surface area contributed by atoms with Crippen LogP contribution in [0.4, 0.5) is 0 Å². The first-order chi connectivity index (χ1) is 8.69. The Hall–Kier alpha value is -0.660. The van der Waals surface area contributed by atoms with Crippen molar-refractivity contribution in [3.05, 3.63) is 0 Å². The van der Waals surface area contributed by atoms with Crippen molar-refractivity contribution in [3.8, 4) is 0 Å². The fourth-order valence-corrected chi connectivity index (χ4v) is 2.91. The molecule has 0 saturated heterocycles. The van der Waals surface area contributed by atoms with Gasteiger partial charge in [0.2, 0.25) is 0 Å². The Balaban J connectivity index is 2.35. The van der Waals surface area contributed by atoms with E-state index in [9.17, 15) is 9.59 Å². The van der Waals surface area contributed by atoms with Gasteiger partial charge in [0.15, 0.2) is 0 Å². The van der Waals surface area contributed by atoms with E-state index < -0.39 is 0 Å². The first-order valence-corrected chi connectivity index (χ1v) is 7.74. The minimum absolute atomic E-state index is 0.226. The summed E-state index contributed by atoms with van der Waals surface area (Å²) in [6.45, 7) is 4.33. The van der Waals surface area contributed by atoms with Gasteiger partial charge in [-0.25, -0.2) is 0 Å². The van der Waals surface area contributed by atoms with Crippen LogP contribution >= 0.6 is 0 Å². The molecule has 1 saturated carbocycles. The van der Waals surface area contributed by atoms with Crippen LogP contribution in [0.15, 0.2) is 0 Å². The second-order valence-electron chi connectivity index (χ2n) is 5.75. The zero-order valence-corrected chi connectivity index (χ0v) is 12.0. The Morgan fingerprint density at radius 2 is 1.33 bits per heavy atom. The summed E-state index contributed by atoms with van der Waals surface area (Å²) < 4.78 is 0. The number of hydrogen-bond donors (Lipinski definition) is 0. The second-order valence-corrected chi connectivity index (χ2v) is 5.75. The summed E-state index contributed by atoms with van der Waals surface area (Å²) in [5, 5.41) is 0. The molecule has 0 aromatic heterocycles. The van der Waals surface area contributed by atoms with Gasteiger partial charge in [0.1, 0.15) is 11.6 Å². The first-order valence-electron chi connectivity index (χ1n) is 7.74. The van der Waals surface area contributed by atoms with Crippen molar-refractivity contribution in [2.45, 2.75) is 78.1 Å². The van der Waals surface area contributed by atoms with Crippen LogP contribution in [0, 0.1) is 11.8 Å². The van der Waals surface area contributed by atoms with Crippen LogP contribution in [0.5, 0.6) is 0 Å². The molecule has 18 heavy (non-hydrogen) atoms. The number of rotatable bonds is 8. The third-order valence-electron chi connectivity index (χ3n) is 4.07. The van der Waals surface area contributed by atoms with Gasteiger partial charge < -0.3 is 0 Å². The highest BCUT2D eigenvalue weighted by molar-refractivity contribution is 6.04. The third-order valence-corrected chi connectivity index (χ3v) is 4.07. The molecule has 0 aromatic rings. The number of ketones is 2. The minimum Gasteiger partial charge on any atom is -0.299 e. The van der Waals surface area contributed by atoms with Crippen LogP contribution in [0.2, 0.25) is 0 Å². The Labute approximate surface area is 112 Å². The third kappa shape index (κ3) is 4.91. The van der Waals surface area contributed by atoms with Crippen molar-refractivity contribution >= 4 is 11.6 Å². The molecule has 1 fully saturated rings. The van der Waals surface area contributed by atoms with Crippen LogP contribution in [-0.2, 0) is 9.59 Å². The molecule has 0 aromatic carbocycles. The summed E-state index contributed by atoms with van der Waals surface area (Å²) in [6.07, 6.45) is 10.1. The van der Waals surface area contributed by atoms with Gasteiger partial charge in [0.25, 0.3) is 0 Å². The molecule has 2 heteroatoms. The lowest BCUT2D eigenvalue weighted by Crippen LogP contribution is -2.33. The van der Waals surface area contributed by atoms with Crippen molar-refractivity contribution in [1.29, 1.82) is 0 Å². The van der Waals surface area contributed by atoms with Crippen molar-refractivity contribution in [1.82, 2.24) is 0 Å². The lowest BCUT2D eigenvalue weighted by atomic mass is 9.76. The quantitative estimate of drug-likeness (QED) is 0.476. The highest BCUT2D eigenvalue weighted by Crippen LogP contribution is 2.30. The number of Topliss-reactive ketones (excluding diaryl/α,β-unsaturated/α-hetero) is 2. The van der Waals surface area contributed by atoms with E-state index in [2.05, 4.69) is 13.8 Å². The van der Waals surface area contributed by atoms with E-state index in [4.69, 9.17) is 0 Å². The molecule has 0 unspecified atom stereocenters. The maximum absolute atomic E-state index is 12.0. The molecule has 0 radical (unpaired) electrons. The highest BCUT2D eigenvalue weighted by Gasteiger charge is 2.34. The standard InChI is InChI=1S/C16H28O2/c1-3-5-7-9-13-11-15(17)14(16(18)12-13)10-8-6-4-2/h13-14H,3-12H2,1-2H3. The Morgan fingerprint density at radius 3 is 1.83 bits per heavy atom. The molecular formula is C16H28O2. The summed E-state index contributed by atoms with van der Waals surface area (Å²) in [4.78, 5) is 24.0. The smallest absolute Gasteiger partial charge is 0.143 e. The molecule has 0 amide bonds. The molecule has 0 spiro atoms. The summed E-state index contributed by atoms with van der Waals surface area (Å²) >= 11 is 0. The van der Waals surface area contributed by atoms with Crippen molar-refractivity contribution in [2.24, 2.45) is 11.8 Å². The molecule has 2 nitrogen and oxygen atoms in total. The number of carbonyl (C=O) groups is 2. The maximum Gasteiger partial charge on any atom is 0.143 e. The zero-order chi connectivity index (χ0) is 13.4. The molecular weight excluding hydrogens is 224 g/mol. The summed E-state index contributed by atoms with van der Waals surface area (Å²) in [6, 6.07) is 0. The largest absolute Gasteiger partial charge is 0.299 e. The lowest BCUT2D eigenvalue weighted by molar-refractivity contribution is -0.137. The van der Waals surface area contributed by atoms with Crippen LogP contribution in [0.3, 0.4) is 0 Å². The van der Waals surface area contributed by atoms with Crippen LogP contribution in [0.25, 0.3) is 0 Å². The monoisotopic (exact) mass is 252 g/mol. The normalized spacial score (nSPS) is 24.6. The topological polar surface area (TPSA) is 34.1 Å². The van der Waals surface area contributed by atoms with Crippen molar-refractivity contribution in [3.63, 3.8) is 0 Å². The molecule has 104 valence electrons. The van der Waals surface area contributed by atoms with Crippen LogP contribution in [-0.4, -0.2) is 11.6 Å². The Kier molecular flexibility index (Phi) is 7.22. The van der Waals surface area contributed by atoms with Crippen LogP contribution in [0.1, 0.15) is 78.1 Å². The van der Waals surface area contributed by atoms with Crippen LogP contribution < -0.4 is 0 Å². The van der Waals surface area contributed by atoms with Gasteiger partial charge in [-0.15, -0.1) is 0 Å². The molecule has 1 aliphatic rings. The van der Waals surface area contributed by atoms with E-state index in [-0.39, 0.29) is 17.5 Å². The number of unbranched alkanes of at least 4 members (excludes halogenated alkanes) is 4. The number of carbonyl (C=O) groups excluding carboxylic acids is 2. The number of hydrogen-bond acceptors (Lipinski definition) is 2. The summed E-state index contributed by atoms with van der Waals surface area (Å²) in [5.74, 6) is 0.547. The van der Waals surface area contributed by atoms with E-state index in [0.29, 0.717) is 18.8 Å². The minimum atomic E-state index is -0.251. The SMILES string of the molecule is CCCCCC1CC(=O)C(CCCCC)C(=O)C1. The van der Waals surface area contributed by atoms with Crippen molar-refractivity contribution < 1.29 is 9.59 Å². The summed E-state index contributed by atoms with van der Waals surface area (Å²) in [5.41, 5.74) is 0. The van der Waals surface area contributed by atoms with E-state index in [0.717, 1.165) is 32.1 Å². The van der Waals surface area contributed by atoms with E-state index in [1.54, 1.807) is 0 Å². The van der Waals surface area contributed by atoms with Gasteiger partial charge in [0, 0.05) is 12.8 Å². The van der Waals surface area contributed by atoms with E-state index >= 15 is 0 Å². The van der Waals surface area contributed by atoms with E-state index in [1.165, 1.54) is 19.3 Å². The van der Waals surface area contributed by atoms with Gasteiger partial charge in [0.05, 0.1) is 5.92 Å². The zero-order valence-electron chi connectivity index (χ0n) is 12.0.